The summed E-state index contributed by atoms with van der Waals surface area (Å²) in [4.78, 5) is 0. The van der Waals surface area contributed by atoms with Gasteiger partial charge < -0.3 is 9.47 Å². The summed E-state index contributed by atoms with van der Waals surface area (Å²) in [6, 6.07) is 20.1. The number of benzene rings is 2. The van der Waals surface area contributed by atoms with Gasteiger partial charge in [0, 0.05) is 0 Å². The van der Waals surface area contributed by atoms with E-state index in [1.54, 1.807) is 14.2 Å². The molecule has 2 aromatic rings. The van der Waals surface area contributed by atoms with Gasteiger partial charge in [0.1, 0.15) is 0 Å². The van der Waals surface area contributed by atoms with Crippen LogP contribution in [0.3, 0.4) is 0 Å². The summed E-state index contributed by atoms with van der Waals surface area (Å²) in [7, 11) is 3.28. The van der Waals surface area contributed by atoms with Gasteiger partial charge in [0.25, 0.3) is 0 Å². The lowest BCUT2D eigenvalue weighted by Gasteiger charge is -2.07. The molecule has 2 nitrogen and oxygen atoms in total. The van der Waals surface area contributed by atoms with Crippen LogP contribution < -0.4 is 0 Å². The van der Waals surface area contributed by atoms with E-state index in [4.69, 9.17) is 9.47 Å². The molecule has 112 valence electrons. The molecule has 0 aliphatic heterocycles. The smallest absolute Gasteiger partial charge is 0.160 e. The Labute approximate surface area is 132 Å². The number of allylic oxidation sites excluding steroid dienone is 2. The summed E-state index contributed by atoms with van der Waals surface area (Å²) in [5, 5.41) is 0. The number of ether oxygens (including phenoxy) is 2. The quantitative estimate of drug-likeness (QED) is 0.556. The molecule has 0 aliphatic carbocycles. The van der Waals surface area contributed by atoms with Crippen molar-refractivity contribution in [3.8, 4) is 0 Å². The molecule has 0 saturated heterocycles. The van der Waals surface area contributed by atoms with Crippen molar-refractivity contribution in [3.05, 3.63) is 95.5 Å². The summed E-state index contributed by atoms with van der Waals surface area (Å²) in [6.07, 6.45) is 7.80. The molecule has 2 aromatic carbocycles. The van der Waals surface area contributed by atoms with E-state index in [1.165, 1.54) is 0 Å². The molecular weight excluding hydrogens is 272 g/mol. The monoisotopic (exact) mass is 292 g/mol. The lowest BCUT2D eigenvalue weighted by atomic mass is 10.2. The molecule has 0 aromatic heterocycles. The van der Waals surface area contributed by atoms with Crippen molar-refractivity contribution < 1.29 is 9.47 Å². The fourth-order valence-corrected chi connectivity index (χ4v) is 1.97. The maximum atomic E-state index is 5.43. The van der Waals surface area contributed by atoms with Crippen molar-refractivity contribution >= 4 is 12.2 Å². The first-order valence-electron chi connectivity index (χ1n) is 7.12. The highest BCUT2D eigenvalue weighted by molar-refractivity contribution is 5.55. The van der Waals surface area contributed by atoms with Gasteiger partial charge in [-0.15, -0.1) is 0 Å². The molecule has 0 bridgehead atoms. The minimum Gasteiger partial charge on any atom is -0.493 e. The highest BCUT2D eigenvalue weighted by Crippen LogP contribution is 2.14. The Kier molecular flexibility index (Phi) is 6.06. The second-order valence-corrected chi connectivity index (χ2v) is 4.62. The van der Waals surface area contributed by atoms with Gasteiger partial charge in [0.2, 0.25) is 0 Å². The molecular formula is C20H20O2. The zero-order valence-electron chi connectivity index (χ0n) is 12.9. The molecule has 0 radical (unpaired) electrons. The highest BCUT2D eigenvalue weighted by Gasteiger charge is 2.01. The van der Waals surface area contributed by atoms with E-state index in [0.717, 1.165) is 11.1 Å². The second kappa shape index (κ2) is 8.53. The minimum absolute atomic E-state index is 0.679. The molecule has 0 saturated carbocycles. The van der Waals surface area contributed by atoms with Crippen molar-refractivity contribution in [2.45, 2.75) is 0 Å². The fourth-order valence-electron chi connectivity index (χ4n) is 1.97. The van der Waals surface area contributed by atoms with Crippen molar-refractivity contribution in [2.75, 3.05) is 14.2 Å². The van der Waals surface area contributed by atoms with Crippen molar-refractivity contribution in [2.24, 2.45) is 0 Å². The number of methoxy groups -OCH3 is 2. The number of hydrogen-bond donors (Lipinski definition) is 0. The van der Waals surface area contributed by atoms with Gasteiger partial charge >= 0.3 is 0 Å². The zero-order chi connectivity index (χ0) is 15.6. The average Bonchev–Trinajstić information content (AvgIpc) is 2.59. The third-order valence-corrected chi connectivity index (χ3v) is 3.14. The molecule has 0 N–H and O–H groups in total. The van der Waals surface area contributed by atoms with Crippen LogP contribution >= 0.6 is 0 Å². The first-order chi connectivity index (χ1) is 10.8. The van der Waals surface area contributed by atoms with Crippen LogP contribution in [0.5, 0.6) is 0 Å². The minimum atomic E-state index is 0.679. The van der Waals surface area contributed by atoms with E-state index in [0.29, 0.717) is 11.5 Å². The first-order valence-corrected chi connectivity index (χ1v) is 7.12. The lowest BCUT2D eigenvalue weighted by molar-refractivity contribution is 0.242. The maximum absolute atomic E-state index is 5.43. The third-order valence-electron chi connectivity index (χ3n) is 3.14. The molecule has 0 heterocycles. The predicted molar refractivity (Wildman–Crippen MR) is 92.0 cm³/mol. The Morgan fingerprint density at radius 1 is 0.636 bits per heavy atom. The molecule has 0 aliphatic rings. The van der Waals surface area contributed by atoms with Gasteiger partial charge in [-0.25, -0.2) is 0 Å². The fraction of sp³-hybridized carbons (Fsp3) is 0.100. The second-order valence-electron chi connectivity index (χ2n) is 4.62. The first kappa shape index (κ1) is 15.6. The Morgan fingerprint density at radius 3 is 1.32 bits per heavy atom. The van der Waals surface area contributed by atoms with E-state index in [2.05, 4.69) is 0 Å². The Bertz CT molecular complexity index is 593. The van der Waals surface area contributed by atoms with Gasteiger partial charge in [0.15, 0.2) is 11.5 Å². The summed E-state index contributed by atoms with van der Waals surface area (Å²) in [6.45, 7) is 0. The Balaban J connectivity index is 2.21. The van der Waals surface area contributed by atoms with Gasteiger partial charge in [-0.2, -0.15) is 0 Å². The van der Waals surface area contributed by atoms with Gasteiger partial charge in [-0.05, 0) is 23.3 Å². The number of hydrogen-bond acceptors (Lipinski definition) is 2. The summed E-state index contributed by atoms with van der Waals surface area (Å²) >= 11 is 0. The predicted octanol–water partition coefficient (Wildman–Crippen LogP) is 4.92. The van der Waals surface area contributed by atoms with Crippen LogP contribution in [0.4, 0.5) is 0 Å². The standard InChI is InChI=1S/C20H20O2/c1-21-19(15-13-17-9-5-3-6-10-17)20(22-2)16-14-18-11-7-4-8-12-18/h3-16H,1-2H3. The largest absolute Gasteiger partial charge is 0.493 e. The summed E-state index contributed by atoms with van der Waals surface area (Å²) in [5.41, 5.74) is 2.22. The van der Waals surface area contributed by atoms with Crippen molar-refractivity contribution in [1.29, 1.82) is 0 Å². The molecule has 2 heteroatoms. The topological polar surface area (TPSA) is 18.5 Å². The highest BCUT2D eigenvalue weighted by atomic mass is 16.5. The Morgan fingerprint density at radius 2 is 1.00 bits per heavy atom. The number of rotatable bonds is 6. The van der Waals surface area contributed by atoms with E-state index in [-0.39, 0.29) is 0 Å². The molecule has 0 fully saturated rings. The maximum Gasteiger partial charge on any atom is 0.160 e. The SMILES string of the molecule is COC(C=Cc1ccccc1)=C(C=Cc1ccccc1)OC. The molecule has 0 atom stereocenters. The molecule has 0 unspecified atom stereocenters. The van der Waals surface area contributed by atoms with Crippen LogP contribution in [0.1, 0.15) is 11.1 Å². The van der Waals surface area contributed by atoms with Crippen molar-refractivity contribution in [1.82, 2.24) is 0 Å². The normalized spacial score (nSPS) is 12.5. The molecule has 0 spiro atoms. The lowest BCUT2D eigenvalue weighted by Crippen LogP contribution is -1.92. The zero-order valence-corrected chi connectivity index (χ0v) is 12.9. The van der Waals surface area contributed by atoms with Crippen LogP contribution in [-0.4, -0.2) is 14.2 Å². The van der Waals surface area contributed by atoms with Crippen LogP contribution in [0.15, 0.2) is 84.3 Å². The Hall–Kier alpha value is -2.74. The van der Waals surface area contributed by atoms with Crippen LogP contribution in [0, 0.1) is 0 Å². The van der Waals surface area contributed by atoms with Gasteiger partial charge in [-0.3, -0.25) is 0 Å². The van der Waals surface area contributed by atoms with Gasteiger partial charge in [0.05, 0.1) is 14.2 Å². The van der Waals surface area contributed by atoms with E-state index < -0.39 is 0 Å². The van der Waals surface area contributed by atoms with Crippen LogP contribution in [0.2, 0.25) is 0 Å². The van der Waals surface area contributed by atoms with Gasteiger partial charge in [-0.1, -0.05) is 72.8 Å². The summed E-state index contributed by atoms with van der Waals surface area (Å²) in [5.74, 6) is 1.36. The third kappa shape index (κ3) is 4.67. The van der Waals surface area contributed by atoms with Crippen LogP contribution in [0.25, 0.3) is 12.2 Å². The molecule has 0 amide bonds. The van der Waals surface area contributed by atoms with E-state index in [1.807, 2.05) is 85.0 Å². The average molecular weight is 292 g/mol. The van der Waals surface area contributed by atoms with Crippen LogP contribution in [-0.2, 0) is 9.47 Å². The van der Waals surface area contributed by atoms with Crippen molar-refractivity contribution in [3.63, 3.8) is 0 Å². The molecule has 2 rings (SSSR count). The summed E-state index contributed by atoms with van der Waals surface area (Å²) < 4.78 is 10.9. The van der Waals surface area contributed by atoms with E-state index in [9.17, 15) is 0 Å². The molecule has 22 heavy (non-hydrogen) atoms. The van der Waals surface area contributed by atoms with E-state index >= 15 is 0 Å².